The molecule has 7 heteroatoms. The van der Waals surface area contributed by atoms with Gasteiger partial charge >= 0.3 is 0 Å². The van der Waals surface area contributed by atoms with Gasteiger partial charge in [0.2, 0.25) is 5.91 Å². The first-order valence-corrected chi connectivity index (χ1v) is 9.63. The lowest BCUT2D eigenvalue weighted by atomic mass is 9.93. The van der Waals surface area contributed by atoms with Crippen LogP contribution in [0, 0.1) is 5.92 Å². The fourth-order valence-corrected chi connectivity index (χ4v) is 3.70. The van der Waals surface area contributed by atoms with E-state index in [-0.39, 0.29) is 29.9 Å². The second kappa shape index (κ2) is 11.9. The van der Waals surface area contributed by atoms with E-state index in [0.29, 0.717) is 12.5 Å². The summed E-state index contributed by atoms with van der Waals surface area (Å²) in [5.41, 5.74) is 0. The topological polar surface area (TPSA) is 60.0 Å². The molecule has 0 spiro atoms. The maximum absolute atomic E-state index is 11.8. The summed E-state index contributed by atoms with van der Waals surface area (Å²) >= 11 is 0. The van der Waals surface area contributed by atoms with E-state index in [1.165, 1.54) is 38.9 Å². The van der Waals surface area contributed by atoms with Gasteiger partial charge in [-0.25, -0.2) is 0 Å². The zero-order valence-electron chi connectivity index (χ0n) is 16.1. The Labute approximate surface area is 170 Å². The summed E-state index contributed by atoms with van der Waals surface area (Å²) < 4.78 is 0. The van der Waals surface area contributed by atoms with Gasteiger partial charge < -0.3 is 20.4 Å². The maximum Gasteiger partial charge on any atom is 0.222 e. The van der Waals surface area contributed by atoms with Crippen molar-refractivity contribution in [3.63, 3.8) is 0 Å². The molecule has 2 aliphatic heterocycles. The highest BCUT2D eigenvalue weighted by Crippen LogP contribution is 2.19. The second-order valence-electron chi connectivity index (χ2n) is 6.99. The Kier molecular flexibility index (Phi) is 10.7. The van der Waals surface area contributed by atoms with Gasteiger partial charge in [-0.15, -0.1) is 24.0 Å². The minimum Gasteiger partial charge on any atom is -0.356 e. The quantitative estimate of drug-likeness (QED) is 0.358. The first-order chi connectivity index (χ1) is 11.7. The molecule has 146 valence electrons. The molecular formula is C18H36IN5O. The van der Waals surface area contributed by atoms with Gasteiger partial charge in [0, 0.05) is 39.1 Å². The molecule has 2 fully saturated rings. The van der Waals surface area contributed by atoms with Gasteiger partial charge in [-0.05, 0) is 51.2 Å². The molecule has 0 bridgehead atoms. The van der Waals surface area contributed by atoms with Crippen molar-refractivity contribution in [2.45, 2.75) is 52.0 Å². The maximum atomic E-state index is 11.8. The molecule has 2 rings (SSSR count). The van der Waals surface area contributed by atoms with E-state index in [0.717, 1.165) is 37.9 Å². The molecule has 0 radical (unpaired) electrons. The van der Waals surface area contributed by atoms with Crippen LogP contribution in [0.1, 0.15) is 46.0 Å². The normalized spacial score (nSPS) is 22.6. The van der Waals surface area contributed by atoms with Crippen molar-refractivity contribution in [3.8, 4) is 0 Å². The van der Waals surface area contributed by atoms with Crippen LogP contribution in [0.25, 0.3) is 0 Å². The van der Waals surface area contributed by atoms with Gasteiger partial charge in [0.25, 0.3) is 0 Å². The number of carbonyl (C=O) groups is 1. The van der Waals surface area contributed by atoms with Crippen LogP contribution in [-0.2, 0) is 4.79 Å². The Morgan fingerprint density at radius 3 is 2.48 bits per heavy atom. The van der Waals surface area contributed by atoms with Crippen molar-refractivity contribution in [1.82, 2.24) is 20.4 Å². The van der Waals surface area contributed by atoms with Crippen LogP contribution in [0.15, 0.2) is 4.99 Å². The first-order valence-electron chi connectivity index (χ1n) is 9.63. The van der Waals surface area contributed by atoms with E-state index >= 15 is 0 Å². The van der Waals surface area contributed by atoms with Gasteiger partial charge in [-0.1, -0.05) is 13.8 Å². The minimum absolute atomic E-state index is 0. The zero-order chi connectivity index (χ0) is 17.4. The van der Waals surface area contributed by atoms with Crippen molar-refractivity contribution >= 4 is 35.8 Å². The average molecular weight is 465 g/mol. The molecule has 2 aliphatic rings. The third kappa shape index (κ3) is 7.29. The predicted molar refractivity (Wildman–Crippen MR) is 115 cm³/mol. The number of nitrogens with one attached hydrogen (secondary N) is 2. The summed E-state index contributed by atoms with van der Waals surface area (Å²) in [5.74, 6) is 1.96. The third-order valence-electron chi connectivity index (χ3n) is 5.41. The standard InChI is InChI=1S/C18H35N5O.HI/c1-4-17(24)23-13-9-16(14-23)21-18(19-3)20-10-6-15-7-11-22(5-2)12-8-15;/h15-16H,4-14H2,1-3H3,(H2,19,20,21);1H. The number of piperidine rings is 1. The van der Waals surface area contributed by atoms with Crippen LogP contribution in [0.4, 0.5) is 0 Å². The Bertz CT molecular complexity index is 424. The van der Waals surface area contributed by atoms with E-state index in [9.17, 15) is 4.79 Å². The highest BCUT2D eigenvalue weighted by molar-refractivity contribution is 14.0. The van der Waals surface area contributed by atoms with Crippen LogP contribution in [0.3, 0.4) is 0 Å². The average Bonchev–Trinajstić information content (AvgIpc) is 3.09. The molecule has 1 amide bonds. The fraction of sp³-hybridized carbons (Fsp3) is 0.889. The molecule has 1 atom stereocenters. The number of hydrogen-bond donors (Lipinski definition) is 2. The summed E-state index contributed by atoms with van der Waals surface area (Å²) in [4.78, 5) is 20.6. The highest BCUT2D eigenvalue weighted by Gasteiger charge is 2.25. The number of guanidine groups is 1. The molecule has 25 heavy (non-hydrogen) atoms. The highest BCUT2D eigenvalue weighted by atomic mass is 127. The molecule has 0 aliphatic carbocycles. The summed E-state index contributed by atoms with van der Waals surface area (Å²) in [7, 11) is 1.82. The van der Waals surface area contributed by atoms with Gasteiger partial charge in [0.15, 0.2) is 5.96 Å². The van der Waals surface area contributed by atoms with Crippen LogP contribution < -0.4 is 10.6 Å². The zero-order valence-corrected chi connectivity index (χ0v) is 18.4. The number of hydrogen-bond acceptors (Lipinski definition) is 3. The Hall–Kier alpha value is -0.570. The molecule has 0 saturated carbocycles. The third-order valence-corrected chi connectivity index (χ3v) is 5.41. The lowest BCUT2D eigenvalue weighted by molar-refractivity contribution is -0.129. The molecule has 0 aromatic rings. The summed E-state index contributed by atoms with van der Waals surface area (Å²) in [6, 6.07) is 0.319. The molecule has 0 aromatic carbocycles. The van der Waals surface area contributed by atoms with E-state index in [1.54, 1.807) is 0 Å². The summed E-state index contributed by atoms with van der Waals surface area (Å²) in [6.45, 7) is 10.5. The smallest absolute Gasteiger partial charge is 0.222 e. The first kappa shape index (κ1) is 22.5. The van der Waals surface area contributed by atoms with Crippen LogP contribution in [-0.4, -0.2) is 74.0 Å². The van der Waals surface area contributed by atoms with E-state index in [1.807, 2.05) is 18.9 Å². The van der Waals surface area contributed by atoms with Crippen LogP contribution in [0.2, 0.25) is 0 Å². The monoisotopic (exact) mass is 465 g/mol. The molecular weight excluding hydrogens is 429 g/mol. The molecule has 2 N–H and O–H groups in total. The minimum atomic E-state index is 0. The number of likely N-dealkylation sites (tertiary alicyclic amines) is 2. The number of aliphatic imine (C=N–C) groups is 1. The summed E-state index contributed by atoms with van der Waals surface area (Å²) in [6.07, 6.45) is 5.44. The largest absolute Gasteiger partial charge is 0.356 e. The number of rotatable bonds is 6. The molecule has 2 heterocycles. The van der Waals surface area contributed by atoms with Crippen molar-refractivity contribution in [2.24, 2.45) is 10.9 Å². The van der Waals surface area contributed by atoms with Crippen molar-refractivity contribution in [2.75, 3.05) is 46.3 Å². The van der Waals surface area contributed by atoms with E-state index in [2.05, 4.69) is 27.4 Å². The summed E-state index contributed by atoms with van der Waals surface area (Å²) in [5, 5.41) is 6.91. The number of amides is 1. The predicted octanol–water partition coefficient (Wildman–Crippen LogP) is 1.90. The van der Waals surface area contributed by atoms with Crippen LogP contribution >= 0.6 is 24.0 Å². The Balaban J connectivity index is 0.00000312. The van der Waals surface area contributed by atoms with Gasteiger partial charge in [0.05, 0.1) is 0 Å². The van der Waals surface area contributed by atoms with Crippen molar-refractivity contribution in [3.05, 3.63) is 0 Å². The SMILES string of the molecule is CCC(=O)N1CCC(NC(=NC)NCCC2CCN(CC)CC2)C1.I. The lowest BCUT2D eigenvalue weighted by Crippen LogP contribution is -2.45. The molecule has 6 nitrogen and oxygen atoms in total. The van der Waals surface area contributed by atoms with Gasteiger partial charge in [0.1, 0.15) is 0 Å². The second-order valence-corrected chi connectivity index (χ2v) is 6.99. The van der Waals surface area contributed by atoms with Gasteiger partial charge in [-0.3, -0.25) is 9.79 Å². The molecule has 1 unspecified atom stereocenters. The van der Waals surface area contributed by atoms with Crippen LogP contribution in [0.5, 0.6) is 0 Å². The number of nitrogens with zero attached hydrogens (tertiary/aromatic N) is 3. The van der Waals surface area contributed by atoms with E-state index in [4.69, 9.17) is 0 Å². The number of halogens is 1. The fourth-order valence-electron chi connectivity index (χ4n) is 3.70. The lowest BCUT2D eigenvalue weighted by Gasteiger charge is -2.31. The van der Waals surface area contributed by atoms with Crippen molar-refractivity contribution < 1.29 is 4.79 Å². The van der Waals surface area contributed by atoms with Crippen molar-refractivity contribution in [1.29, 1.82) is 0 Å². The van der Waals surface area contributed by atoms with Gasteiger partial charge in [-0.2, -0.15) is 0 Å². The Morgan fingerprint density at radius 2 is 1.88 bits per heavy atom. The molecule has 0 aromatic heterocycles. The Morgan fingerprint density at radius 1 is 1.16 bits per heavy atom. The van der Waals surface area contributed by atoms with E-state index < -0.39 is 0 Å². The molecule has 2 saturated heterocycles. The number of carbonyl (C=O) groups excluding carboxylic acids is 1.